The predicted molar refractivity (Wildman–Crippen MR) is 69.9 cm³/mol. The van der Waals surface area contributed by atoms with Crippen LogP contribution in [0.25, 0.3) is 0 Å². The lowest BCUT2D eigenvalue weighted by Crippen LogP contribution is -2.40. The standard InChI is InChI=1S/C13H14FNO4S/c14-12-3-4-13(11(10-12)2-1-7-16)20(17,18)15-5-8-19-9-6-15/h3-4,10,16H,5-9H2. The van der Waals surface area contributed by atoms with Crippen molar-refractivity contribution in [3.8, 4) is 11.8 Å². The number of sulfonamides is 1. The Morgan fingerprint density at radius 1 is 1.35 bits per heavy atom. The highest BCUT2D eigenvalue weighted by Gasteiger charge is 2.28. The normalized spacial score (nSPS) is 16.5. The SMILES string of the molecule is O=S(=O)(c1ccc(F)cc1C#CCO)N1CCOCC1. The first kappa shape index (κ1) is 14.9. The van der Waals surface area contributed by atoms with Gasteiger partial charge in [0.05, 0.1) is 18.1 Å². The van der Waals surface area contributed by atoms with Crippen molar-refractivity contribution in [3.63, 3.8) is 0 Å². The molecule has 2 rings (SSSR count). The lowest BCUT2D eigenvalue weighted by atomic mass is 10.2. The molecule has 0 spiro atoms. The molecule has 0 bridgehead atoms. The van der Waals surface area contributed by atoms with Gasteiger partial charge in [0, 0.05) is 18.7 Å². The van der Waals surface area contributed by atoms with E-state index in [1.807, 2.05) is 0 Å². The van der Waals surface area contributed by atoms with Crippen molar-refractivity contribution >= 4 is 10.0 Å². The maximum absolute atomic E-state index is 13.2. The highest BCUT2D eigenvalue weighted by molar-refractivity contribution is 7.89. The van der Waals surface area contributed by atoms with Gasteiger partial charge in [0.1, 0.15) is 12.4 Å². The first-order chi connectivity index (χ1) is 9.55. The minimum Gasteiger partial charge on any atom is -0.384 e. The Morgan fingerprint density at radius 2 is 2.05 bits per heavy atom. The van der Waals surface area contributed by atoms with Gasteiger partial charge in [0.25, 0.3) is 0 Å². The number of aliphatic hydroxyl groups is 1. The van der Waals surface area contributed by atoms with Crippen molar-refractivity contribution in [2.45, 2.75) is 4.90 Å². The average Bonchev–Trinajstić information content (AvgIpc) is 2.46. The first-order valence-corrected chi connectivity index (χ1v) is 7.47. The smallest absolute Gasteiger partial charge is 0.244 e. The number of halogens is 1. The largest absolute Gasteiger partial charge is 0.384 e. The van der Waals surface area contributed by atoms with Crippen molar-refractivity contribution in [1.29, 1.82) is 0 Å². The fraction of sp³-hybridized carbons (Fsp3) is 0.385. The van der Waals surface area contributed by atoms with E-state index in [9.17, 15) is 12.8 Å². The van der Waals surface area contributed by atoms with Crippen LogP contribution in [-0.4, -0.2) is 50.7 Å². The molecule has 20 heavy (non-hydrogen) atoms. The number of hydrogen-bond donors (Lipinski definition) is 1. The molecule has 1 aliphatic rings. The van der Waals surface area contributed by atoms with Crippen LogP contribution in [0.2, 0.25) is 0 Å². The van der Waals surface area contributed by atoms with Gasteiger partial charge >= 0.3 is 0 Å². The number of benzene rings is 1. The zero-order valence-electron chi connectivity index (χ0n) is 10.7. The van der Waals surface area contributed by atoms with Crippen LogP contribution in [0.5, 0.6) is 0 Å². The van der Waals surface area contributed by atoms with Crippen molar-refractivity contribution in [2.75, 3.05) is 32.9 Å². The Balaban J connectivity index is 2.45. The van der Waals surface area contributed by atoms with E-state index >= 15 is 0 Å². The van der Waals surface area contributed by atoms with Gasteiger partial charge in [-0.2, -0.15) is 4.31 Å². The highest BCUT2D eigenvalue weighted by atomic mass is 32.2. The Bertz CT molecular complexity index is 642. The summed E-state index contributed by atoms with van der Waals surface area (Å²) in [6.45, 7) is 0.753. The second kappa shape index (κ2) is 6.33. The zero-order chi connectivity index (χ0) is 14.6. The van der Waals surface area contributed by atoms with Crippen LogP contribution in [0.1, 0.15) is 5.56 Å². The number of aliphatic hydroxyl groups excluding tert-OH is 1. The lowest BCUT2D eigenvalue weighted by molar-refractivity contribution is 0.0730. The maximum atomic E-state index is 13.2. The van der Waals surface area contributed by atoms with Crippen molar-refractivity contribution in [2.24, 2.45) is 0 Å². The summed E-state index contributed by atoms with van der Waals surface area (Å²) >= 11 is 0. The minimum absolute atomic E-state index is 0.0468. The number of ether oxygens (including phenoxy) is 1. The second-order valence-electron chi connectivity index (χ2n) is 4.12. The monoisotopic (exact) mass is 299 g/mol. The molecule has 7 heteroatoms. The molecule has 108 valence electrons. The molecular weight excluding hydrogens is 285 g/mol. The summed E-state index contributed by atoms with van der Waals surface area (Å²) in [6, 6.07) is 3.33. The summed E-state index contributed by atoms with van der Waals surface area (Å²) in [6.07, 6.45) is 0. The molecule has 0 aromatic heterocycles. The first-order valence-electron chi connectivity index (χ1n) is 6.03. The summed E-state index contributed by atoms with van der Waals surface area (Å²) in [5.41, 5.74) is 0.0468. The van der Waals surface area contributed by atoms with Gasteiger partial charge in [-0.15, -0.1) is 0 Å². The molecule has 1 aromatic carbocycles. The summed E-state index contributed by atoms with van der Waals surface area (Å²) in [5.74, 6) is 4.23. The van der Waals surface area contributed by atoms with E-state index in [2.05, 4.69) is 11.8 Å². The van der Waals surface area contributed by atoms with Crippen LogP contribution < -0.4 is 0 Å². The molecule has 0 unspecified atom stereocenters. The van der Waals surface area contributed by atoms with E-state index in [-0.39, 0.29) is 23.5 Å². The number of rotatable bonds is 2. The van der Waals surface area contributed by atoms with Crippen LogP contribution >= 0.6 is 0 Å². The van der Waals surface area contributed by atoms with E-state index < -0.39 is 22.4 Å². The van der Waals surface area contributed by atoms with Gasteiger partial charge in [0.15, 0.2) is 0 Å². The molecule has 1 saturated heterocycles. The van der Waals surface area contributed by atoms with Crippen LogP contribution in [-0.2, 0) is 14.8 Å². The molecule has 0 saturated carbocycles. The van der Waals surface area contributed by atoms with Crippen molar-refractivity contribution in [3.05, 3.63) is 29.6 Å². The van der Waals surface area contributed by atoms with Crippen molar-refractivity contribution < 1.29 is 22.7 Å². The van der Waals surface area contributed by atoms with Crippen LogP contribution in [0, 0.1) is 17.7 Å². The number of morpholine rings is 1. The Labute approximate surface area is 117 Å². The minimum atomic E-state index is -3.74. The van der Waals surface area contributed by atoms with E-state index in [0.29, 0.717) is 13.2 Å². The third-order valence-electron chi connectivity index (χ3n) is 2.83. The molecule has 1 aromatic rings. The van der Waals surface area contributed by atoms with Gasteiger partial charge in [0.2, 0.25) is 10.0 Å². The van der Waals surface area contributed by atoms with Gasteiger partial charge in [-0.3, -0.25) is 0 Å². The summed E-state index contributed by atoms with van der Waals surface area (Å²) < 4.78 is 44.6. The molecule has 1 heterocycles. The van der Waals surface area contributed by atoms with Gasteiger partial charge in [-0.05, 0) is 18.2 Å². The maximum Gasteiger partial charge on any atom is 0.244 e. The van der Waals surface area contributed by atoms with Crippen LogP contribution in [0.3, 0.4) is 0 Å². The predicted octanol–water partition coefficient (Wildman–Crippen LogP) is 0.190. The van der Waals surface area contributed by atoms with E-state index in [0.717, 1.165) is 12.1 Å². The fourth-order valence-electron chi connectivity index (χ4n) is 1.89. The number of hydrogen-bond acceptors (Lipinski definition) is 4. The summed E-state index contributed by atoms with van der Waals surface area (Å²) in [5, 5.41) is 8.70. The Morgan fingerprint density at radius 3 is 2.70 bits per heavy atom. The third-order valence-corrected chi connectivity index (χ3v) is 4.79. The summed E-state index contributed by atoms with van der Waals surface area (Å²) in [4.78, 5) is -0.0539. The van der Waals surface area contributed by atoms with Crippen LogP contribution in [0.15, 0.2) is 23.1 Å². The van der Waals surface area contributed by atoms with Gasteiger partial charge < -0.3 is 9.84 Å². The molecule has 0 atom stereocenters. The second-order valence-corrected chi connectivity index (χ2v) is 6.02. The molecule has 0 radical (unpaired) electrons. The van der Waals surface area contributed by atoms with Crippen LogP contribution in [0.4, 0.5) is 4.39 Å². The van der Waals surface area contributed by atoms with Gasteiger partial charge in [-0.1, -0.05) is 11.8 Å². The van der Waals surface area contributed by atoms with Crippen molar-refractivity contribution in [1.82, 2.24) is 4.31 Å². The number of nitrogens with zero attached hydrogens (tertiary/aromatic N) is 1. The molecular formula is C13H14FNO4S. The van der Waals surface area contributed by atoms with E-state index in [1.54, 1.807) is 0 Å². The van der Waals surface area contributed by atoms with Gasteiger partial charge in [-0.25, -0.2) is 12.8 Å². The van der Waals surface area contributed by atoms with E-state index in [4.69, 9.17) is 9.84 Å². The zero-order valence-corrected chi connectivity index (χ0v) is 11.5. The third kappa shape index (κ3) is 3.16. The Hall–Kier alpha value is -1.46. The van der Waals surface area contributed by atoms with E-state index in [1.165, 1.54) is 10.4 Å². The molecule has 0 amide bonds. The lowest BCUT2D eigenvalue weighted by Gasteiger charge is -2.26. The topological polar surface area (TPSA) is 66.8 Å². The molecule has 0 aliphatic carbocycles. The Kier molecular flexibility index (Phi) is 4.73. The average molecular weight is 299 g/mol. The quantitative estimate of drug-likeness (QED) is 0.792. The molecule has 1 N–H and O–H groups in total. The molecule has 1 fully saturated rings. The highest BCUT2D eigenvalue weighted by Crippen LogP contribution is 2.21. The summed E-state index contributed by atoms with van der Waals surface area (Å²) in [7, 11) is -3.74. The fourth-order valence-corrected chi connectivity index (χ4v) is 3.42. The molecule has 5 nitrogen and oxygen atoms in total. The molecule has 1 aliphatic heterocycles.